The average Bonchev–Trinajstić information content (AvgIpc) is 2.93. The maximum atomic E-state index is 12.6. The first-order valence-electron chi connectivity index (χ1n) is 9.28. The fraction of sp³-hybridized carbons (Fsp3) is 0.550. The fourth-order valence-corrected chi connectivity index (χ4v) is 3.54. The number of para-hydroxylation sites is 1. The molecule has 0 aliphatic rings. The van der Waals surface area contributed by atoms with E-state index in [1.807, 2.05) is 20.8 Å². The van der Waals surface area contributed by atoms with Crippen LogP contribution in [-0.2, 0) is 10.2 Å². The van der Waals surface area contributed by atoms with Crippen molar-refractivity contribution in [1.29, 1.82) is 0 Å². The van der Waals surface area contributed by atoms with Gasteiger partial charge < -0.3 is 11.2 Å². The Balaban J connectivity index is 2.14. The van der Waals surface area contributed by atoms with E-state index < -0.39 is 0 Å². The van der Waals surface area contributed by atoms with Crippen LogP contribution in [0.2, 0.25) is 0 Å². The zero-order valence-corrected chi connectivity index (χ0v) is 18.1. The van der Waals surface area contributed by atoms with Crippen LogP contribution in [-0.4, -0.2) is 26.5 Å². The molecule has 0 unspecified atom stereocenters. The van der Waals surface area contributed by atoms with Crippen molar-refractivity contribution in [2.75, 3.05) is 16.9 Å². The van der Waals surface area contributed by atoms with E-state index in [1.165, 1.54) is 16.4 Å². The van der Waals surface area contributed by atoms with Crippen molar-refractivity contribution in [3.63, 3.8) is 0 Å². The number of carbonyl (C=O) groups excluding carboxylic acids is 1. The molecule has 0 radical (unpaired) electrons. The minimum absolute atomic E-state index is 0.0738. The molecule has 148 valence electrons. The van der Waals surface area contributed by atoms with Gasteiger partial charge in [-0.3, -0.25) is 4.79 Å². The predicted molar refractivity (Wildman–Crippen MR) is 113 cm³/mol. The molecule has 0 saturated carbocycles. The minimum atomic E-state index is -0.203. The van der Waals surface area contributed by atoms with Crippen molar-refractivity contribution in [1.82, 2.24) is 14.9 Å². The number of nitrogens with zero attached hydrogens (tertiary/aromatic N) is 3. The van der Waals surface area contributed by atoms with Crippen molar-refractivity contribution in [2.45, 2.75) is 70.9 Å². The molecule has 6 nitrogen and oxygen atoms in total. The molecule has 0 spiro atoms. The van der Waals surface area contributed by atoms with Crippen LogP contribution in [0.1, 0.15) is 77.3 Å². The first-order chi connectivity index (χ1) is 12.5. The van der Waals surface area contributed by atoms with E-state index in [1.54, 1.807) is 0 Å². The Bertz CT molecular complexity index is 779. The number of nitrogens with one attached hydrogen (secondary N) is 1. The van der Waals surface area contributed by atoms with Crippen molar-refractivity contribution in [3.05, 3.63) is 35.2 Å². The highest BCUT2D eigenvalue weighted by Gasteiger charge is 2.23. The second-order valence-corrected chi connectivity index (χ2v) is 9.33. The summed E-state index contributed by atoms with van der Waals surface area (Å²) in [6.07, 6.45) is 0. The summed E-state index contributed by atoms with van der Waals surface area (Å²) in [5.41, 5.74) is 3.02. The summed E-state index contributed by atoms with van der Waals surface area (Å²) in [6.45, 7) is 14.6. The molecule has 1 aromatic heterocycles. The average molecular weight is 390 g/mol. The summed E-state index contributed by atoms with van der Waals surface area (Å²) in [4.78, 5) is 12.6. The normalized spacial score (nSPS) is 12.0. The SMILES string of the molecule is CC(C)c1cccc(C(C)C)c1NC(=O)CSc1nnc(C(C)(C)C)n1N. The van der Waals surface area contributed by atoms with Gasteiger partial charge in [0.05, 0.1) is 5.75 Å². The van der Waals surface area contributed by atoms with Crippen LogP contribution in [0, 0.1) is 0 Å². The van der Waals surface area contributed by atoms with E-state index in [-0.39, 0.29) is 17.1 Å². The topological polar surface area (TPSA) is 85.8 Å². The second kappa shape index (κ2) is 8.33. The molecule has 2 rings (SSSR count). The molecule has 0 saturated heterocycles. The minimum Gasteiger partial charge on any atom is -0.336 e. The third-order valence-electron chi connectivity index (χ3n) is 4.31. The largest absolute Gasteiger partial charge is 0.336 e. The number of benzene rings is 1. The fourth-order valence-electron chi connectivity index (χ4n) is 2.89. The van der Waals surface area contributed by atoms with Gasteiger partial charge in [-0.1, -0.05) is 78.4 Å². The Morgan fingerprint density at radius 2 is 1.70 bits per heavy atom. The smallest absolute Gasteiger partial charge is 0.234 e. The summed E-state index contributed by atoms with van der Waals surface area (Å²) in [6, 6.07) is 6.21. The summed E-state index contributed by atoms with van der Waals surface area (Å²) < 4.78 is 1.47. The van der Waals surface area contributed by atoms with Gasteiger partial charge in [-0.15, -0.1) is 10.2 Å². The summed E-state index contributed by atoms with van der Waals surface area (Å²) in [5.74, 6) is 7.59. The molecule has 0 aliphatic carbocycles. The number of hydrogen-bond acceptors (Lipinski definition) is 5. The molecule has 7 heteroatoms. The summed E-state index contributed by atoms with van der Waals surface area (Å²) in [5, 5.41) is 11.9. The molecule has 1 amide bonds. The summed E-state index contributed by atoms with van der Waals surface area (Å²) in [7, 11) is 0. The lowest BCUT2D eigenvalue weighted by atomic mass is 9.92. The molecule has 0 atom stereocenters. The number of anilines is 1. The molecule has 1 aromatic carbocycles. The number of hydrogen-bond donors (Lipinski definition) is 2. The molecule has 0 fully saturated rings. The van der Waals surface area contributed by atoms with E-state index in [9.17, 15) is 4.79 Å². The van der Waals surface area contributed by atoms with Gasteiger partial charge in [-0.25, -0.2) is 4.68 Å². The molecule has 3 N–H and O–H groups in total. The molecule has 27 heavy (non-hydrogen) atoms. The predicted octanol–water partition coefficient (Wildman–Crippen LogP) is 4.27. The van der Waals surface area contributed by atoms with Crippen LogP contribution in [0.5, 0.6) is 0 Å². The van der Waals surface area contributed by atoms with Gasteiger partial charge in [0.1, 0.15) is 0 Å². The van der Waals surface area contributed by atoms with Crippen LogP contribution in [0.4, 0.5) is 5.69 Å². The van der Waals surface area contributed by atoms with Crippen LogP contribution < -0.4 is 11.2 Å². The Hall–Kier alpha value is -2.02. The second-order valence-electron chi connectivity index (χ2n) is 8.38. The number of amides is 1. The third-order valence-corrected chi connectivity index (χ3v) is 5.25. The van der Waals surface area contributed by atoms with Crippen molar-refractivity contribution < 1.29 is 4.79 Å². The molecular weight excluding hydrogens is 358 g/mol. The van der Waals surface area contributed by atoms with Crippen LogP contribution in [0.25, 0.3) is 0 Å². The number of nitrogens with two attached hydrogens (primary N) is 1. The van der Waals surface area contributed by atoms with Gasteiger partial charge in [0, 0.05) is 11.1 Å². The standard InChI is InChI=1S/C20H31N5OS/c1-12(2)14-9-8-10-15(13(3)4)17(14)22-16(26)11-27-19-24-23-18(25(19)21)20(5,6)7/h8-10,12-13H,11,21H2,1-7H3,(H,22,26). The van der Waals surface area contributed by atoms with E-state index in [4.69, 9.17) is 5.84 Å². The molecule has 0 aliphatic heterocycles. The first-order valence-corrected chi connectivity index (χ1v) is 10.3. The lowest BCUT2D eigenvalue weighted by Gasteiger charge is -2.20. The maximum absolute atomic E-state index is 12.6. The number of aromatic nitrogens is 3. The molecular formula is C20H31N5OS. The highest BCUT2D eigenvalue weighted by atomic mass is 32.2. The first kappa shape index (κ1) is 21.3. The van der Waals surface area contributed by atoms with Crippen LogP contribution in [0.15, 0.2) is 23.4 Å². The molecule has 2 aromatic rings. The van der Waals surface area contributed by atoms with Gasteiger partial charge in [0.2, 0.25) is 11.1 Å². The van der Waals surface area contributed by atoms with Crippen molar-refractivity contribution in [3.8, 4) is 0 Å². The van der Waals surface area contributed by atoms with E-state index in [0.717, 1.165) is 16.8 Å². The quantitative estimate of drug-likeness (QED) is 0.569. The van der Waals surface area contributed by atoms with Crippen molar-refractivity contribution in [2.24, 2.45) is 0 Å². The van der Waals surface area contributed by atoms with Gasteiger partial charge in [0.15, 0.2) is 5.82 Å². The van der Waals surface area contributed by atoms with E-state index in [0.29, 0.717) is 22.8 Å². The number of carbonyl (C=O) groups is 1. The zero-order valence-electron chi connectivity index (χ0n) is 17.3. The summed E-state index contributed by atoms with van der Waals surface area (Å²) >= 11 is 1.29. The van der Waals surface area contributed by atoms with Gasteiger partial charge in [0.25, 0.3) is 0 Å². The number of rotatable bonds is 6. The van der Waals surface area contributed by atoms with E-state index in [2.05, 4.69) is 61.4 Å². The highest BCUT2D eigenvalue weighted by Crippen LogP contribution is 2.32. The number of nitrogen functional groups attached to an aromatic ring is 1. The van der Waals surface area contributed by atoms with Gasteiger partial charge in [-0.05, 0) is 23.0 Å². The Morgan fingerprint density at radius 3 is 2.15 bits per heavy atom. The highest BCUT2D eigenvalue weighted by molar-refractivity contribution is 7.99. The maximum Gasteiger partial charge on any atom is 0.234 e. The van der Waals surface area contributed by atoms with Gasteiger partial charge >= 0.3 is 0 Å². The van der Waals surface area contributed by atoms with Crippen LogP contribution in [0.3, 0.4) is 0 Å². The van der Waals surface area contributed by atoms with Crippen molar-refractivity contribution >= 4 is 23.4 Å². The lowest BCUT2D eigenvalue weighted by Crippen LogP contribution is -2.24. The Labute approximate surface area is 166 Å². The zero-order chi connectivity index (χ0) is 20.4. The number of thioether (sulfide) groups is 1. The van der Waals surface area contributed by atoms with Gasteiger partial charge in [-0.2, -0.15) is 0 Å². The third kappa shape index (κ3) is 5.03. The Kier molecular flexibility index (Phi) is 6.57. The monoisotopic (exact) mass is 389 g/mol. The van der Waals surface area contributed by atoms with E-state index >= 15 is 0 Å². The van der Waals surface area contributed by atoms with Crippen LogP contribution >= 0.6 is 11.8 Å². The molecule has 0 bridgehead atoms. The molecule has 1 heterocycles. The Morgan fingerprint density at radius 1 is 1.15 bits per heavy atom. The lowest BCUT2D eigenvalue weighted by molar-refractivity contribution is -0.113.